The normalized spacial score (nSPS) is 10.7. The number of rotatable bonds is 6. The van der Waals surface area contributed by atoms with Crippen LogP contribution < -0.4 is 16.4 Å². The molecule has 0 aliphatic heterocycles. The van der Waals surface area contributed by atoms with Gasteiger partial charge in [0.15, 0.2) is 5.69 Å². The van der Waals surface area contributed by atoms with E-state index in [0.29, 0.717) is 11.4 Å². The summed E-state index contributed by atoms with van der Waals surface area (Å²) in [6.45, 7) is 3.80. The second-order valence-corrected chi connectivity index (χ2v) is 8.30. The molecule has 9 heteroatoms. The van der Waals surface area contributed by atoms with Crippen LogP contribution in [0.3, 0.4) is 0 Å². The van der Waals surface area contributed by atoms with E-state index in [-0.39, 0.29) is 18.1 Å². The summed E-state index contributed by atoms with van der Waals surface area (Å²) in [7, 11) is 0. The molecule has 0 atom stereocenters. The smallest absolute Gasteiger partial charge is 0.277 e. The van der Waals surface area contributed by atoms with Gasteiger partial charge in [0, 0.05) is 10.6 Å². The van der Waals surface area contributed by atoms with E-state index in [9.17, 15) is 9.59 Å². The second-order valence-electron chi connectivity index (χ2n) is 7.35. The molecule has 2 aromatic carbocycles. The largest absolute Gasteiger partial charge is 0.397 e. The standard InChI is InChI=1S/C23H22N6O2S/c1-14-5-3-6-15(2)22(14)26-21(30)13-29-12-19(27-28-29)23(31)25-18-11-16(8-9-17(18)24)20-7-4-10-32-20/h3-12H,13,24H2,1-2H3,(H,25,31)(H,26,30). The summed E-state index contributed by atoms with van der Waals surface area (Å²) in [4.78, 5) is 26.2. The Balaban J connectivity index is 1.43. The lowest BCUT2D eigenvalue weighted by Gasteiger charge is -2.11. The molecule has 2 amide bonds. The first kappa shape index (κ1) is 21.3. The molecule has 0 radical (unpaired) electrons. The fourth-order valence-corrected chi connectivity index (χ4v) is 3.99. The number of hydrogen-bond acceptors (Lipinski definition) is 6. The number of nitrogens with one attached hydrogen (secondary N) is 2. The van der Waals surface area contributed by atoms with E-state index >= 15 is 0 Å². The quantitative estimate of drug-likeness (QED) is 0.386. The van der Waals surface area contributed by atoms with Crippen LogP contribution in [-0.4, -0.2) is 26.8 Å². The van der Waals surface area contributed by atoms with E-state index < -0.39 is 5.91 Å². The Kier molecular flexibility index (Phi) is 6.00. The van der Waals surface area contributed by atoms with Gasteiger partial charge in [-0.15, -0.1) is 16.4 Å². The van der Waals surface area contributed by atoms with Crippen LogP contribution in [0.2, 0.25) is 0 Å². The molecule has 0 fully saturated rings. The van der Waals surface area contributed by atoms with Crippen molar-refractivity contribution >= 4 is 40.2 Å². The molecule has 4 N–H and O–H groups in total. The lowest BCUT2D eigenvalue weighted by atomic mass is 10.1. The molecule has 0 saturated carbocycles. The first-order valence-corrected chi connectivity index (χ1v) is 10.8. The minimum absolute atomic E-state index is 0.0654. The van der Waals surface area contributed by atoms with Gasteiger partial charge in [0.1, 0.15) is 6.54 Å². The summed E-state index contributed by atoms with van der Waals surface area (Å²) in [6.07, 6.45) is 1.43. The zero-order chi connectivity index (χ0) is 22.7. The minimum Gasteiger partial charge on any atom is -0.397 e. The summed E-state index contributed by atoms with van der Waals surface area (Å²) >= 11 is 1.60. The van der Waals surface area contributed by atoms with Gasteiger partial charge in [-0.05, 0) is 54.1 Å². The van der Waals surface area contributed by atoms with Gasteiger partial charge in [-0.3, -0.25) is 9.59 Å². The Morgan fingerprint density at radius 1 is 1.06 bits per heavy atom. The average Bonchev–Trinajstić information content (AvgIpc) is 3.45. The van der Waals surface area contributed by atoms with Gasteiger partial charge in [0.05, 0.1) is 17.6 Å². The Morgan fingerprint density at radius 3 is 2.56 bits per heavy atom. The van der Waals surface area contributed by atoms with Crippen LogP contribution in [-0.2, 0) is 11.3 Å². The lowest BCUT2D eigenvalue weighted by Crippen LogP contribution is -2.20. The van der Waals surface area contributed by atoms with E-state index in [4.69, 9.17) is 5.73 Å². The number of nitrogens with two attached hydrogens (primary N) is 1. The van der Waals surface area contributed by atoms with Crippen molar-refractivity contribution in [1.29, 1.82) is 0 Å². The average molecular weight is 447 g/mol. The maximum atomic E-state index is 12.7. The predicted molar refractivity (Wildman–Crippen MR) is 127 cm³/mol. The first-order chi connectivity index (χ1) is 15.4. The highest BCUT2D eigenvalue weighted by Gasteiger charge is 2.15. The topological polar surface area (TPSA) is 115 Å². The minimum atomic E-state index is -0.457. The number of amides is 2. The molecule has 4 aromatic rings. The molecule has 0 spiro atoms. The Labute approximate surface area is 189 Å². The number of hydrogen-bond donors (Lipinski definition) is 3. The first-order valence-electron chi connectivity index (χ1n) is 9.91. The van der Waals surface area contributed by atoms with Crippen molar-refractivity contribution < 1.29 is 9.59 Å². The van der Waals surface area contributed by atoms with Crippen molar-refractivity contribution in [3.8, 4) is 10.4 Å². The Hall–Kier alpha value is -3.98. The molecule has 162 valence electrons. The van der Waals surface area contributed by atoms with Crippen molar-refractivity contribution in [3.63, 3.8) is 0 Å². The number of benzene rings is 2. The zero-order valence-electron chi connectivity index (χ0n) is 17.6. The van der Waals surface area contributed by atoms with E-state index in [1.54, 1.807) is 17.4 Å². The molecule has 2 heterocycles. The van der Waals surface area contributed by atoms with Crippen LogP contribution in [0.4, 0.5) is 17.1 Å². The SMILES string of the molecule is Cc1cccc(C)c1NC(=O)Cn1cc(C(=O)Nc2cc(-c3cccs3)ccc2N)nn1. The lowest BCUT2D eigenvalue weighted by molar-refractivity contribution is -0.116. The Bertz CT molecular complexity index is 1260. The molecule has 2 aromatic heterocycles. The maximum Gasteiger partial charge on any atom is 0.277 e. The number of aromatic nitrogens is 3. The van der Waals surface area contributed by atoms with Crippen molar-refractivity contribution in [2.24, 2.45) is 0 Å². The molecular formula is C23H22N6O2S. The molecule has 0 aliphatic carbocycles. The molecular weight excluding hydrogens is 424 g/mol. The van der Waals surface area contributed by atoms with Gasteiger partial charge >= 0.3 is 0 Å². The van der Waals surface area contributed by atoms with Gasteiger partial charge in [-0.1, -0.05) is 35.5 Å². The van der Waals surface area contributed by atoms with Crippen molar-refractivity contribution in [1.82, 2.24) is 15.0 Å². The van der Waals surface area contributed by atoms with Gasteiger partial charge in [0.2, 0.25) is 5.91 Å². The summed E-state index contributed by atoms with van der Waals surface area (Å²) in [6, 6.07) is 15.2. The number of anilines is 3. The molecule has 8 nitrogen and oxygen atoms in total. The second kappa shape index (κ2) is 9.03. The van der Waals surface area contributed by atoms with E-state index in [2.05, 4.69) is 20.9 Å². The maximum absolute atomic E-state index is 12.7. The van der Waals surface area contributed by atoms with Crippen molar-refractivity contribution in [2.45, 2.75) is 20.4 Å². The Morgan fingerprint density at radius 2 is 1.84 bits per heavy atom. The van der Waals surface area contributed by atoms with Crippen LogP contribution >= 0.6 is 11.3 Å². The van der Waals surface area contributed by atoms with E-state index in [1.165, 1.54) is 10.9 Å². The molecule has 0 unspecified atom stereocenters. The van der Waals surface area contributed by atoms with Gasteiger partial charge < -0.3 is 16.4 Å². The van der Waals surface area contributed by atoms with Crippen LogP contribution in [0, 0.1) is 13.8 Å². The van der Waals surface area contributed by atoms with E-state index in [1.807, 2.05) is 61.7 Å². The third-order valence-corrected chi connectivity index (χ3v) is 5.85. The van der Waals surface area contributed by atoms with Gasteiger partial charge in [-0.25, -0.2) is 4.68 Å². The highest BCUT2D eigenvalue weighted by Crippen LogP contribution is 2.30. The molecule has 0 saturated heterocycles. The van der Waals surface area contributed by atoms with Crippen LogP contribution in [0.25, 0.3) is 10.4 Å². The number of nitrogens with zero attached hydrogens (tertiary/aromatic N) is 3. The number of aryl methyl sites for hydroxylation is 2. The zero-order valence-corrected chi connectivity index (χ0v) is 18.4. The number of carbonyl (C=O) groups is 2. The number of carbonyl (C=O) groups excluding carboxylic acids is 2. The van der Waals surface area contributed by atoms with Gasteiger partial charge in [-0.2, -0.15) is 0 Å². The van der Waals surface area contributed by atoms with Crippen molar-refractivity contribution in [2.75, 3.05) is 16.4 Å². The summed E-state index contributed by atoms with van der Waals surface area (Å²) in [5, 5.41) is 15.4. The summed E-state index contributed by atoms with van der Waals surface area (Å²) in [5.41, 5.74) is 10.7. The van der Waals surface area contributed by atoms with Crippen LogP contribution in [0.1, 0.15) is 21.6 Å². The monoisotopic (exact) mass is 446 g/mol. The molecule has 32 heavy (non-hydrogen) atoms. The third kappa shape index (κ3) is 4.68. The number of nitrogen functional groups attached to an aromatic ring is 1. The molecule has 0 aliphatic rings. The van der Waals surface area contributed by atoms with Crippen LogP contribution in [0.5, 0.6) is 0 Å². The highest BCUT2D eigenvalue weighted by molar-refractivity contribution is 7.13. The predicted octanol–water partition coefficient (Wildman–Crippen LogP) is 4.10. The third-order valence-electron chi connectivity index (χ3n) is 4.93. The fourth-order valence-electron chi connectivity index (χ4n) is 3.26. The number of para-hydroxylation sites is 1. The van der Waals surface area contributed by atoms with Crippen molar-refractivity contribution in [3.05, 3.63) is 76.9 Å². The number of thiophene rings is 1. The van der Waals surface area contributed by atoms with Crippen LogP contribution in [0.15, 0.2) is 60.1 Å². The van der Waals surface area contributed by atoms with Gasteiger partial charge in [0.25, 0.3) is 5.91 Å². The summed E-state index contributed by atoms with van der Waals surface area (Å²) < 4.78 is 1.32. The van der Waals surface area contributed by atoms with E-state index in [0.717, 1.165) is 27.3 Å². The summed E-state index contributed by atoms with van der Waals surface area (Å²) in [5.74, 6) is -0.714. The fraction of sp³-hybridized carbons (Fsp3) is 0.130. The molecule has 4 rings (SSSR count). The highest BCUT2D eigenvalue weighted by atomic mass is 32.1. The molecule has 0 bridgehead atoms.